The number of benzene rings is 1. The van der Waals surface area contributed by atoms with Crippen LogP contribution < -0.4 is 10.1 Å². The molecular formula is C11H14ClNO3. The van der Waals surface area contributed by atoms with Crippen LogP contribution in [0.1, 0.15) is 12.0 Å². The first-order valence-corrected chi connectivity index (χ1v) is 5.21. The van der Waals surface area contributed by atoms with E-state index in [1.165, 1.54) is 7.11 Å². The zero-order valence-corrected chi connectivity index (χ0v) is 9.97. The highest BCUT2D eigenvalue weighted by molar-refractivity contribution is 6.31. The van der Waals surface area contributed by atoms with Gasteiger partial charge in [-0.2, -0.15) is 0 Å². The predicted octanol–water partition coefficient (Wildman–Crippen LogP) is 1.98. The summed E-state index contributed by atoms with van der Waals surface area (Å²) >= 11 is 5.95. The molecule has 0 aliphatic heterocycles. The molecule has 4 nitrogen and oxygen atoms in total. The molecule has 0 aromatic heterocycles. The molecule has 0 unspecified atom stereocenters. The molecule has 5 heteroatoms. The van der Waals surface area contributed by atoms with Crippen LogP contribution in [0.15, 0.2) is 12.1 Å². The summed E-state index contributed by atoms with van der Waals surface area (Å²) in [5.41, 5.74) is 1.38. The number of carbonyl (C=O) groups excluding carboxylic acids is 1. The minimum atomic E-state index is -0.277. The van der Waals surface area contributed by atoms with E-state index in [2.05, 4.69) is 5.32 Å². The van der Waals surface area contributed by atoms with Gasteiger partial charge < -0.3 is 15.2 Å². The van der Waals surface area contributed by atoms with Crippen LogP contribution in [0.5, 0.6) is 5.75 Å². The Balaban J connectivity index is 2.94. The van der Waals surface area contributed by atoms with Crippen molar-refractivity contribution in [3.63, 3.8) is 0 Å². The summed E-state index contributed by atoms with van der Waals surface area (Å²) in [6, 6.07) is 3.38. The van der Waals surface area contributed by atoms with E-state index in [1.54, 1.807) is 12.1 Å². The van der Waals surface area contributed by atoms with Gasteiger partial charge in [-0.15, -0.1) is 0 Å². The van der Waals surface area contributed by atoms with Crippen molar-refractivity contribution in [1.29, 1.82) is 0 Å². The van der Waals surface area contributed by atoms with Crippen molar-refractivity contribution in [2.24, 2.45) is 0 Å². The topological polar surface area (TPSA) is 58.6 Å². The molecule has 1 aromatic rings. The number of hydrogen-bond donors (Lipinski definition) is 2. The van der Waals surface area contributed by atoms with Crippen LogP contribution in [0, 0.1) is 6.92 Å². The number of anilines is 1. The zero-order chi connectivity index (χ0) is 12.1. The van der Waals surface area contributed by atoms with Crippen molar-refractivity contribution in [3.05, 3.63) is 22.7 Å². The van der Waals surface area contributed by atoms with Gasteiger partial charge >= 0.3 is 0 Å². The number of methoxy groups -OCH3 is 1. The molecule has 0 aliphatic carbocycles. The number of aryl methyl sites for hydroxylation is 1. The van der Waals surface area contributed by atoms with E-state index in [4.69, 9.17) is 21.4 Å². The fraction of sp³-hybridized carbons (Fsp3) is 0.364. The standard InChI is InChI=1S/C11H14ClNO3/c1-7-5-10(16-2)9(6-8(7)12)13-11(15)3-4-14/h5-6,14H,3-4H2,1-2H3,(H,13,15). The number of hydrogen-bond acceptors (Lipinski definition) is 3. The van der Waals surface area contributed by atoms with Gasteiger partial charge in [0.15, 0.2) is 0 Å². The molecule has 0 radical (unpaired) electrons. The Morgan fingerprint density at radius 3 is 2.81 bits per heavy atom. The third-order valence-electron chi connectivity index (χ3n) is 2.09. The molecule has 0 heterocycles. The molecule has 88 valence electrons. The summed E-state index contributed by atoms with van der Waals surface area (Å²) in [6.45, 7) is 1.66. The minimum Gasteiger partial charge on any atom is -0.495 e. The molecule has 0 aliphatic rings. The fourth-order valence-electron chi connectivity index (χ4n) is 1.24. The Bertz CT molecular complexity index is 393. The van der Waals surface area contributed by atoms with Crippen LogP contribution in [-0.2, 0) is 4.79 Å². The van der Waals surface area contributed by atoms with E-state index in [1.807, 2.05) is 6.92 Å². The van der Waals surface area contributed by atoms with Gasteiger partial charge in [0.1, 0.15) is 5.75 Å². The lowest BCUT2D eigenvalue weighted by atomic mass is 10.2. The lowest BCUT2D eigenvalue weighted by Crippen LogP contribution is -2.13. The summed E-state index contributed by atoms with van der Waals surface area (Å²) < 4.78 is 5.12. The first kappa shape index (κ1) is 12.8. The van der Waals surface area contributed by atoms with Gasteiger partial charge in [-0.3, -0.25) is 4.79 Å². The Kier molecular flexibility index (Phi) is 4.58. The van der Waals surface area contributed by atoms with Gasteiger partial charge in [0.2, 0.25) is 5.91 Å². The van der Waals surface area contributed by atoms with Crippen LogP contribution in [0.2, 0.25) is 5.02 Å². The highest BCUT2D eigenvalue weighted by Crippen LogP contribution is 2.30. The highest BCUT2D eigenvalue weighted by atomic mass is 35.5. The summed E-state index contributed by atoms with van der Waals surface area (Å²) in [4.78, 5) is 11.3. The third-order valence-corrected chi connectivity index (χ3v) is 2.50. The van der Waals surface area contributed by atoms with Crippen LogP contribution in [0.25, 0.3) is 0 Å². The van der Waals surface area contributed by atoms with Crippen LogP contribution >= 0.6 is 11.6 Å². The van der Waals surface area contributed by atoms with Gasteiger partial charge in [0.25, 0.3) is 0 Å². The average Bonchev–Trinajstić information content (AvgIpc) is 2.23. The van der Waals surface area contributed by atoms with Crippen molar-refractivity contribution in [2.75, 3.05) is 19.0 Å². The molecule has 0 saturated carbocycles. The van der Waals surface area contributed by atoms with Gasteiger partial charge in [0.05, 0.1) is 25.8 Å². The van der Waals surface area contributed by atoms with Gasteiger partial charge in [-0.05, 0) is 24.6 Å². The third kappa shape index (κ3) is 3.12. The van der Waals surface area contributed by atoms with E-state index in [0.29, 0.717) is 16.5 Å². The van der Waals surface area contributed by atoms with Crippen molar-refractivity contribution < 1.29 is 14.6 Å². The van der Waals surface area contributed by atoms with Crippen molar-refractivity contribution in [3.8, 4) is 5.75 Å². The lowest BCUT2D eigenvalue weighted by Gasteiger charge is -2.11. The highest BCUT2D eigenvalue weighted by Gasteiger charge is 2.09. The van der Waals surface area contributed by atoms with Crippen molar-refractivity contribution in [1.82, 2.24) is 0 Å². The Labute approximate surface area is 99.2 Å². The molecule has 0 saturated heterocycles. The number of halogens is 1. The normalized spacial score (nSPS) is 10.0. The van der Waals surface area contributed by atoms with E-state index in [-0.39, 0.29) is 18.9 Å². The summed E-state index contributed by atoms with van der Waals surface area (Å²) in [6.07, 6.45) is 0.0502. The molecule has 16 heavy (non-hydrogen) atoms. The number of carbonyl (C=O) groups is 1. The molecule has 0 bridgehead atoms. The fourth-order valence-corrected chi connectivity index (χ4v) is 1.40. The molecule has 0 spiro atoms. The number of rotatable bonds is 4. The van der Waals surface area contributed by atoms with Gasteiger partial charge in [-0.25, -0.2) is 0 Å². The summed E-state index contributed by atoms with van der Waals surface area (Å²) in [7, 11) is 1.52. The Hall–Kier alpha value is -1.26. The molecular weight excluding hydrogens is 230 g/mol. The number of amides is 1. The second kappa shape index (κ2) is 5.72. The maximum Gasteiger partial charge on any atom is 0.226 e. The number of ether oxygens (including phenoxy) is 1. The average molecular weight is 244 g/mol. The Morgan fingerprint density at radius 2 is 2.25 bits per heavy atom. The molecule has 1 amide bonds. The number of nitrogens with one attached hydrogen (secondary N) is 1. The van der Waals surface area contributed by atoms with Gasteiger partial charge in [-0.1, -0.05) is 11.6 Å². The van der Waals surface area contributed by atoms with Crippen LogP contribution in [0.3, 0.4) is 0 Å². The number of aliphatic hydroxyl groups is 1. The largest absolute Gasteiger partial charge is 0.495 e. The maximum atomic E-state index is 11.3. The smallest absolute Gasteiger partial charge is 0.226 e. The second-order valence-electron chi connectivity index (χ2n) is 3.32. The predicted molar refractivity (Wildman–Crippen MR) is 63.1 cm³/mol. The maximum absolute atomic E-state index is 11.3. The van der Waals surface area contributed by atoms with E-state index in [0.717, 1.165) is 5.56 Å². The summed E-state index contributed by atoms with van der Waals surface area (Å²) in [5.74, 6) is 0.272. The van der Waals surface area contributed by atoms with E-state index in [9.17, 15) is 4.79 Å². The molecule has 1 aromatic carbocycles. The molecule has 1 rings (SSSR count). The minimum absolute atomic E-state index is 0.0502. The van der Waals surface area contributed by atoms with E-state index < -0.39 is 0 Å². The Morgan fingerprint density at radius 1 is 1.56 bits per heavy atom. The zero-order valence-electron chi connectivity index (χ0n) is 9.21. The quantitative estimate of drug-likeness (QED) is 0.850. The van der Waals surface area contributed by atoms with Gasteiger partial charge in [0, 0.05) is 5.02 Å². The first-order valence-electron chi connectivity index (χ1n) is 4.83. The monoisotopic (exact) mass is 243 g/mol. The second-order valence-corrected chi connectivity index (χ2v) is 3.73. The van der Waals surface area contributed by atoms with Crippen LogP contribution in [0.4, 0.5) is 5.69 Å². The first-order chi connectivity index (χ1) is 7.58. The van der Waals surface area contributed by atoms with Crippen molar-refractivity contribution >= 4 is 23.2 Å². The van der Waals surface area contributed by atoms with E-state index >= 15 is 0 Å². The number of aliphatic hydroxyl groups excluding tert-OH is 1. The molecule has 0 atom stereocenters. The summed E-state index contributed by atoms with van der Waals surface area (Å²) in [5, 5.41) is 11.8. The van der Waals surface area contributed by atoms with Crippen molar-refractivity contribution in [2.45, 2.75) is 13.3 Å². The lowest BCUT2D eigenvalue weighted by molar-refractivity contribution is -0.116. The van der Waals surface area contributed by atoms with Crippen LogP contribution in [-0.4, -0.2) is 24.7 Å². The SMILES string of the molecule is COc1cc(C)c(Cl)cc1NC(=O)CCO. The molecule has 0 fully saturated rings. The molecule has 2 N–H and O–H groups in total.